The fourth-order valence-electron chi connectivity index (χ4n) is 1.04. The normalized spacial score (nSPS) is 31.8. The van der Waals surface area contributed by atoms with E-state index in [2.05, 4.69) is 5.32 Å². The van der Waals surface area contributed by atoms with Gasteiger partial charge in [0.25, 0.3) is 0 Å². The summed E-state index contributed by atoms with van der Waals surface area (Å²) in [5.41, 5.74) is 0. The van der Waals surface area contributed by atoms with E-state index in [1.807, 2.05) is 12.3 Å². The summed E-state index contributed by atoms with van der Waals surface area (Å²) in [7, 11) is 3.36. The topological polar surface area (TPSA) is 30.5 Å². The minimum Gasteiger partial charge on any atom is -0.376 e. The second-order valence-electron chi connectivity index (χ2n) is 2.24. The Hall–Kier alpha value is -0.540. The van der Waals surface area contributed by atoms with Crippen molar-refractivity contribution in [1.29, 1.82) is 0 Å². The molecule has 0 aromatic carbocycles. The Morgan fingerprint density at radius 3 is 2.70 bits per heavy atom. The predicted octanol–water partition coefficient (Wildman–Crippen LogP) is 0.481. The van der Waals surface area contributed by atoms with E-state index >= 15 is 0 Å². The van der Waals surface area contributed by atoms with Crippen molar-refractivity contribution in [3.63, 3.8) is 0 Å². The van der Waals surface area contributed by atoms with Crippen LogP contribution in [-0.4, -0.2) is 26.6 Å². The first-order valence-electron chi connectivity index (χ1n) is 3.35. The summed E-state index contributed by atoms with van der Waals surface area (Å²) < 4.78 is 10.3. The molecule has 0 saturated carbocycles. The zero-order chi connectivity index (χ0) is 7.40. The van der Waals surface area contributed by atoms with Crippen LogP contribution in [0.4, 0.5) is 0 Å². The van der Waals surface area contributed by atoms with Crippen molar-refractivity contribution in [1.82, 2.24) is 5.32 Å². The first-order chi connectivity index (χ1) is 4.88. The fourth-order valence-corrected chi connectivity index (χ4v) is 1.04. The van der Waals surface area contributed by atoms with Gasteiger partial charge in [0.1, 0.15) is 6.10 Å². The van der Waals surface area contributed by atoms with Crippen LogP contribution in [0.1, 0.15) is 6.42 Å². The molecule has 2 atom stereocenters. The number of methoxy groups -OCH3 is 2. The maximum Gasteiger partial charge on any atom is 0.153 e. The largest absolute Gasteiger partial charge is 0.376 e. The van der Waals surface area contributed by atoms with E-state index in [1.54, 1.807) is 14.2 Å². The molecule has 0 radical (unpaired) electrons. The van der Waals surface area contributed by atoms with Gasteiger partial charge in [-0.1, -0.05) is 6.08 Å². The first-order valence-corrected chi connectivity index (χ1v) is 3.35. The number of hydrogen-bond donors (Lipinski definition) is 1. The molecule has 3 nitrogen and oxygen atoms in total. The molecule has 1 heterocycles. The molecule has 0 spiro atoms. The molecule has 10 heavy (non-hydrogen) atoms. The van der Waals surface area contributed by atoms with Gasteiger partial charge < -0.3 is 14.8 Å². The Balaban J connectivity index is 2.45. The number of hydrogen-bond acceptors (Lipinski definition) is 3. The maximum absolute atomic E-state index is 5.16. The quantitative estimate of drug-likeness (QED) is 0.610. The summed E-state index contributed by atoms with van der Waals surface area (Å²) in [6.45, 7) is 0. The van der Waals surface area contributed by atoms with Crippen LogP contribution in [0.15, 0.2) is 12.3 Å². The lowest BCUT2D eigenvalue weighted by molar-refractivity contribution is -0.0486. The van der Waals surface area contributed by atoms with Crippen molar-refractivity contribution in [2.45, 2.75) is 18.8 Å². The van der Waals surface area contributed by atoms with E-state index in [0.717, 1.165) is 6.42 Å². The zero-order valence-corrected chi connectivity index (χ0v) is 6.33. The first kappa shape index (κ1) is 7.57. The summed E-state index contributed by atoms with van der Waals surface area (Å²) in [5, 5.41) is 3.04. The molecule has 1 aliphatic heterocycles. The molecule has 1 N–H and O–H groups in total. The van der Waals surface area contributed by atoms with E-state index in [-0.39, 0.29) is 12.3 Å². The molecule has 0 aromatic rings. The minimum atomic E-state index is 0.00926. The molecule has 1 aliphatic rings. The highest BCUT2D eigenvalue weighted by Crippen LogP contribution is 2.09. The van der Waals surface area contributed by atoms with Crippen LogP contribution in [0.25, 0.3) is 0 Å². The number of rotatable bonds is 2. The fraction of sp³-hybridized carbons (Fsp3) is 0.714. The molecule has 0 saturated heterocycles. The van der Waals surface area contributed by atoms with E-state index in [1.165, 1.54) is 0 Å². The van der Waals surface area contributed by atoms with E-state index in [0.29, 0.717) is 0 Å². The van der Waals surface area contributed by atoms with E-state index in [4.69, 9.17) is 9.47 Å². The summed E-state index contributed by atoms with van der Waals surface area (Å²) in [5.74, 6) is 0. The Kier molecular flexibility index (Phi) is 2.71. The van der Waals surface area contributed by atoms with Gasteiger partial charge in [0.15, 0.2) is 6.23 Å². The Morgan fingerprint density at radius 2 is 2.20 bits per heavy atom. The van der Waals surface area contributed by atoms with Gasteiger partial charge in [-0.3, -0.25) is 0 Å². The Labute approximate surface area is 61.0 Å². The number of ether oxygens (including phenoxy) is 2. The third-order valence-electron chi connectivity index (χ3n) is 1.64. The van der Waals surface area contributed by atoms with E-state index < -0.39 is 0 Å². The van der Waals surface area contributed by atoms with Crippen LogP contribution in [0.5, 0.6) is 0 Å². The monoisotopic (exact) mass is 143 g/mol. The summed E-state index contributed by atoms with van der Waals surface area (Å²) in [4.78, 5) is 0. The van der Waals surface area contributed by atoms with Gasteiger partial charge >= 0.3 is 0 Å². The maximum atomic E-state index is 5.16. The molecular weight excluding hydrogens is 130 g/mol. The molecule has 0 aliphatic carbocycles. The molecule has 0 aromatic heterocycles. The molecule has 0 bridgehead atoms. The zero-order valence-electron chi connectivity index (χ0n) is 6.33. The van der Waals surface area contributed by atoms with Gasteiger partial charge in [0, 0.05) is 14.2 Å². The lowest BCUT2D eigenvalue weighted by Gasteiger charge is -2.26. The molecule has 58 valence electrons. The second-order valence-corrected chi connectivity index (χ2v) is 2.24. The molecule has 0 amide bonds. The van der Waals surface area contributed by atoms with Gasteiger partial charge in [-0.2, -0.15) is 0 Å². The van der Waals surface area contributed by atoms with Crippen molar-refractivity contribution in [3.8, 4) is 0 Å². The highest BCUT2D eigenvalue weighted by Gasteiger charge is 2.20. The molecule has 2 unspecified atom stereocenters. The lowest BCUT2D eigenvalue weighted by Crippen LogP contribution is -2.41. The van der Waals surface area contributed by atoms with Gasteiger partial charge in [0.2, 0.25) is 0 Å². The highest BCUT2D eigenvalue weighted by atomic mass is 16.5. The average Bonchev–Trinajstić information content (AvgIpc) is 2.04. The van der Waals surface area contributed by atoms with Crippen LogP contribution in [0.2, 0.25) is 0 Å². The van der Waals surface area contributed by atoms with Crippen LogP contribution in [0, 0.1) is 0 Å². The Morgan fingerprint density at radius 1 is 1.40 bits per heavy atom. The third-order valence-corrected chi connectivity index (χ3v) is 1.64. The number of nitrogens with one attached hydrogen (secondary N) is 1. The predicted molar refractivity (Wildman–Crippen MR) is 38.5 cm³/mol. The minimum absolute atomic E-state index is 0.00926. The molecule has 3 heteroatoms. The SMILES string of the molecule is COC1CC=CNC1OC. The smallest absolute Gasteiger partial charge is 0.153 e. The summed E-state index contributed by atoms with van der Waals surface area (Å²) in [6, 6.07) is 0. The van der Waals surface area contributed by atoms with Gasteiger partial charge in [-0.05, 0) is 12.6 Å². The van der Waals surface area contributed by atoms with Gasteiger partial charge in [-0.25, -0.2) is 0 Å². The summed E-state index contributed by atoms with van der Waals surface area (Å²) in [6.07, 6.45) is 5.00. The van der Waals surface area contributed by atoms with E-state index in [9.17, 15) is 0 Å². The van der Waals surface area contributed by atoms with Crippen LogP contribution in [-0.2, 0) is 9.47 Å². The highest BCUT2D eigenvalue weighted by molar-refractivity contribution is 4.92. The second kappa shape index (κ2) is 3.58. The standard InChI is InChI=1S/C7H13NO2/c1-9-6-4-3-5-8-7(6)10-2/h3,5-8H,4H2,1-2H3. The van der Waals surface area contributed by atoms with Crippen molar-refractivity contribution in [2.24, 2.45) is 0 Å². The van der Waals surface area contributed by atoms with Crippen LogP contribution >= 0.6 is 0 Å². The van der Waals surface area contributed by atoms with Gasteiger partial charge in [-0.15, -0.1) is 0 Å². The molecule has 0 fully saturated rings. The van der Waals surface area contributed by atoms with Crippen molar-refractivity contribution in [2.75, 3.05) is 14.2 Å². The van der Waals surface area contributed by atoms with Crippen LogP contribution < -0.4 is 5.32 Å². The van der Waals surface area contributed by atoms with Crippen molar-refractivity contribution < 1.29 is 9.47 Å². The third kappa shape index (κ3) is 1.49. The average molecular weight is 143 g/mol. The van der Waals surface area contributed by atoms with Gasteiger partial charge in [0.05, 0.1) is 0 Å². The summed E-state index contributed by atoms with van der Waals surface area (Å²) >= 11 is 0. The lowest BCUT2D eigenvalue weighted by atomic mass is 10.2. The van der Waals surface area contributed by atoms with Crippen molar-refractivity contribution >= 4 is 0 Å². The molecule has 1 rings (SSSR count). The van der Waals surface area contributed by atoms with Crippen LogP contribution in [0.3, 0.4) is 0 Å². The Bertz CT molecular complexity index is 111. The molecular formula is C7H13NO2. The van der Waals surface area contributed by atoms with Crippen molar-refractivity contribution in [3.05, 3.63) is 12.3 Å².